The van der Waals surface area contributed by atoms with Crippen LogP contribution in [-0.4, -0.2) is 17.0 Å². The molecule has 0 amide bonds. The number of fused-ring (bicyclic) bond motifs is 3. The highest BCUT2D eigenvalue weighted by atomic mass is 35.5. The third-order valence-electron chi connectivity index (χ3n) is 2.74. The van der Waals surface area contributed by atoms with Gasteiger partial charge in [0, 0.05) is 11.9 Å². The van der Waals surface area contributed by atoms with Crippen LogP contribution in [0.5, 0.6) is 0 Å². The monoisotopic (exact) mass is 239 g/mol. The van der Waals surface area contributed by atoms with Gasteiger partial charge in [-0.05, 0) is 24.8 Å². The first kappa shape index (κ1) is 9.36. The standard InChI is InChI=1S/C10H10ClN3S/c1-12-10-13-8(11)7-5-3-2-4-6(5)15-9(7)14-10/h2-4H2,1H3,(H,12,13,14). The van der Waals surface area contributed by atoms with Crippen molar-refractivity contribution in [3.8, 4) is 0 Å². The summed E-state index contributed by atoms with van der Waals surface area (Å²) >= 11 is 7.94. The number of hydrogen-bond acceptors (Lipinski definition) is 4. The topological polar surface area (TPSA) is 37.8 Å². The summed E-state index contributed by atoms with van der Waals surface area (Å²) in [6.07, 6.45) is 3.53. The highest BCUT2D eigenvalue weighted by Gasteiger charge is 2.21. The predicted molar refractivity (Wildman–Crippen MR) is 64.0 cm³/mol. The van der Waals surface area contributed by atoms with E-state index in [1.165, 1.54) is 23.3 Å². The van der Waals surface area contributed by atoms with Crippen LogP contribution in [0.1, 0.15) is 16.9 Å². The summed E-state index contributed by atoms with van der Waals surface area (Å²) < 4.78 is 0. The molecule has 0 radical (unpaired) electrons. The number of hydrogen-bond donors (Lipinski definition) is 1. The van der Waals surface area contributed by atoms with Crippen molar-refractivity contribution < 1.29 is 0 Å². The van der Waals surface area contributed by atoms with Crippen LogP contribution in [0.4, 0.5) is 5.95 Å². The molecule has 2 heterocycles. The van der Waals surface area contributed by atoms with Gasteiger partial charge in [-0.1, -0.05) is 11.6 Å². The molecule has 0 unspecified atom stereocenters. The maximum Gasteiger partial charge on any atom is 0.225 e. The Morgan fingerprint density at radius 1 is 1.33 bits per heavy atom. The Balaban J connectivity index is 2.34. The molecule has 5 heteroatoms. The predicted octanol–water partition coefficient (Wildman–Crippen LogP) is 2.88. The summed E-state index contributed by atoms with van der Waals surface area (Å²) in [6, 6.07) is 0. The molecule has 0 atom stereocenters. The van der Waals surface area contributed by atoms with Gasteiger partial charge in [0.15, 0.2) is 0 Å². The van der Waals surface area contributed by atoms with E-state index in [2.05, 4.69) is 15.3 Å². The van der Waals surface area contributed by atoms with Crippen LogP contribution < -0.4 is 5.32 Å². The minimum Gasteiger partial charge on any atom is -0.357 e. The normalized spacial score (nSPS) is 14.5. The van der Waals surface area contributed by atoms with E-state index in [-0.39, 0.29) is 0 Å². The second-order valence-electron chi connectivity index (χ2n) is 3.63. The fraction of sp³-hybridized carbons (Fsp3) is 0.400. The number of rotatable bonds is 1. The van der Waals surface area contributed by atoms with Crippen molar-refractivity contribution in [2.75, 3.05) is 12.4 Å². The lowest BCUT2D eigenvalue weighted by Crippen LogP contribution is -1.96. The van der Waals surface area contributed by atoms with E-state index in [0.717, 1.165) is 16.6 Å². The zero-order valence-corrected chi connectivity index (χ0v) is 9.87. The molecule has 78 valence electrons. The fourth-order valence-electron chi connectivity index (χ4n) is 2.06. The van der Waals surface area contributed by atoms with Gasteiger partial charge in [-0.3, -0.25) is 0 Å². The average Bonchev–Trinajstić information content (AvgIpc) is 2.75. The minimum absolute atomic E-state index is 0.587. The first-order valence-corrected chi connectivity index (χ1v) is 6.14. The molecule has 1 aliphatic carbocycles. The minimum atomic E-state index is 0.587. The van der Waals surface area contributed by atoms with Crippen molar-refractivity contribution >= 4 is 39.1 Å². The lowest BCUT2D eigenvalue weighted by molar-refractivity contribution is 0.917. The summed E-state index contributed by atoms with van der Waals surface area (Å²) in [4.78, 5) is 11.1. The van der Waals surface area contributed by atoms with Gasteiger partial charge in [0.05, 0.1) is 5.39 Å². The summed E-state index contributed by atoms with van der Waals surface area (Å²) in [5.41, 5.74) is 1.38. The molecule has 0 saturated carbocycles. The van der Waals surface area contributed by atoms with Crippen molar-refractivity contribution in [1.82, 2.24) is 9.97 Å². The molecule has 1 aliphatic rings. The summed E-state index contributed by atoms with van der Waals surface area (Å²) in [5.74, 6) is 0.604. The Labute approximate surface area is 96.5 Å². The quantitative estimate of drug-likeness (QED) is 0.778. The number of anilines is 1. The number of nitrogens with one attached hydrogen (secondary N) is 1. The molecule has 2 aromatic rings. The third kappa shape index (κ3) is 1.32. The largest absolute Gasteiger partial charge is 0.357 e. The fourth-order valence-corrected chi connectivity index (χ4v) is 3.66. The molecule has 0 aliphatic heterocycles. The first-order valence-electron chi connectivity index (χ1n) is 4.95. The molecule has 0 spiro atoms. The Bertz CT molecular complexity index is 535. The van der Waals surface area contributed by atoms with E-state index < -0.39 is 0 Å². The molecule has 0 saturated heterocycles. The summed E-state index contributed by atoms with van der Waals surface area (Å²) in [6.45, 7) is 0. The maximum absolute atomic E-state index is 6.18. The Hall–Kier alpha value is -0.870. The van der Waals surface area contributed by atoms with E-state index in [0.29, 0.717) is 11.1 Å². The Morgan fingerprint density at radius 2 is 2.20 bits per heavy atom. The molecular weight excluding hydrogens is 230 g/mol. The van der Waals surface area contributed by atoms with Gasteiger partial charge in [-0.2, -0.15) is 0 Å². The molecule has 0 bridgehead atoms. The molecule has 3 nitrogen and oxygen atoms in total. The zero-order valence-electron chi connectivity index (χ0n) is 8.30. The van der Waals surface area contributed by atoms with Gasteiger partial charge < -0.3 is 5.32 Å². The van der Waals surface area contributed by atoms with Crippen molar-refractivity contribution in [1.29, 1.82) is 0 Å². The number of aryl methyl sites for hydroxylation is 2. The average molecular weight is 240 g/mol. The molecule has 15 heavy (non-hydrogen) atoms. The van der Waals surface area contributed by atoms with Crippen LogP contribution in [0.15, 0.2) is 0 Å². The highest BCUT2D eigenvalue weighted by molar-refractivity contribution is 7.19. The Morgan fingerprint density at radius 3 is 3.00 bits per heavy atom. The lowest BCUT2D eigenvalue weighted by atomic mass is 10.2. The molecule has 2 aromatic heterocycles. The second kappa shape index (κ2) is 3.32. The second-order valence-corrected chi connectivity index (χ2v) is 5.07. The van der Waals surface area contributed by atoms with Crippen molar-refractivity contribution in [2.45, 2.75) is 19.3 Å². The number of nitrogens with zero attached hydrogens (tertiary/aromatic N) is 2. The van der Waals surface area contributed by atoms with Crippen molar-refractivity contribution in [3.63, 3.8) is 0 Å². The van der Waals surface area contributed by atoms with Crippen LogP contribution >= 0.6 is 22.9 Å². The van der Waals surface area contributed by atoms with Gasteiger partial charge in [0.2, 0.25) is 5.95 Å². The zero-order chi connectivity index (χ0) is 10.4. The third-order valence-corrected chi connectivity index (χ3v) is 4.20. The Kier molecular flexibility index (Phi) is 2.07. The SMILES string of the molecule is CNc1nc(Cl)c2c3c(sc2n1)CCC3. The first-order chi connectivity index (χ1) is 7.29. The van der Waals surface area contributed by atoms with E-state index in [1.807, 2.05) is 0 Å². The van der Waals surface area contributed by atoms with Gasteiger partial charge in [-0.15, -0.1) is 11.3 Å². The van der Waals surface area contributed by atoms with Crippen LogP contribution in [0.2, 0.25) is 5.15 Å². The van der Waals surface area contributed by atoms with E-state index >= 15 is 0 Å². The van der Waals surface area contributed by atoms with Crippen molar-refractivity contribution in [2.24, 2.45) is 0 Å². The number of thiophene rings is 1. The molecule has 1 N–H and O–H groups in total. The van der Waals surface area contributed by atoms with E-state index in [9.17, 15) is 0 Å². The lowest BCUT2D eigenvalue weighted by Gasteiger charge is -2.00. The van der Waals surface area contributed by atoms with Crippen LogP contribution in [0.25, 0.3) is 10.2 Å². The van der Waals surface area contributed by atoms with Crippen LogP contribution in [0.3, 0.4) is 0 Å². The van der Waals surface area contributed by atoms with E-state index in [4.69, 9.17) is 11.6 Å². The van der Waals surface area contributed by atoms with Gasteiger partial charge >= 0.3 is 0 Å². The van der Waals surface area contributed by atoms with Gasteiger partial charge in [0.25, 0.3) is 0 Å². The maximum atomic E-state index is 6.18. The van der Waals surface area contributed by atoms with Crippen LogP contribution in [-0.2, 0) is 12.8 Å². The number of halogens is 1. The molecule has 0 fully saturated rings. The summed E-state index contributed by atoms with van der Waals surface area (Å²) in [7, 11) is 1.80. The molecule has 3 rings (SSSR count). The van der Waals surface area contributed by atoms with Gasteiger partial charge in [0.1, 0.15) is 9.98 Å². The van der Waals surface area contributed by atoms with Crippen molar-refractivity contribution in [3.05, 3.63) is 15.6 Å². The molecular formula is C10H10ClN3S. The van der Waals surface area contributed by atoms with Crippen LogP contribution in [0, 0.1) is 0 Å². The highest BCUT2D eigenvalue weighted by Crippen LogP contribution is 2.39. The smallest absolute Gasteiger partial charge is 0.225 e. The van der Waals surface area contributed by atoms with Gasteiger partial charge in [-0.25, -0.2) is 9.97 Å². The van der Waals surface area contributed by atoms with E-state index in [1.54, 1.807) is 18.4 Å². The molecule has 0 aromatic carbocycles. The number of aromatic nitrogens is 2. The summed E-state index contributed by atoms with van der Waals surface area (Å²) in [5, 5.41) is 4.59.